The van der Waals surface area contributed by atoms with Crippen LogP contribution in [-0.2, 0) is 19.5 Å². The van der Waals surface area contributed by atoms with Gasteiger partial charge in [-0.2, -0.15) is 10.4 Å². The van der Waals surface area contributed by atoms with Crippen molar-refractivity contribution in [1.82, 2.24) is 25.4 Å². The highest BCUT2D eigenvalue weighted by Crippen LogP contribution is 2.13. The van der Waals surface area contributed by atoms with E-state index in [0.29, 0.717) is 23.6 Å². The molecule has 0 radical (unpaired) electrons. The Morgan fingerprint density at radius 3 is 3.12 bits per heavy atom. The quantitative estimate of drug-likeness (QED) is 0.406. The van der Waals surface area contributed by atoms with E-state index >= 15 is 0 Å². The van der Waals surface area contributed by atoms with Crippen molar-refractivity contribution in [3.05, 3.63) is 47.3 Å². The van der Waals surface area contributed by atoms with Gasteiger partial charge in [0.25, 0.3) is 0 Å². The Morgan fingerprint density at radius 1 is 1.50 bits per heavy atom. The highest BCUT2D eigenvalue weighted by molar-refractivity contribution is 14.0. The topological polar surface area (TPSA) is 90.9 Å². The van der Waals surface area contributed by atoms with Crippen molar-refractivity contribution in [1.29, 1.82) is 5.26 Å². The van der Waals surface area contributed by atoms with E-state index in [9.17, 15) is 4.39 Å². The molecule has 1 atom stereocenters. The van der Waals surface area contributed by atoms with Crippen LogP contribution in [0.15, 0.2) is 29.5 Å². The third kappa shape index (κ3) is 4.91. The predicted octanol–water partition coefficient (Wildman–Crippen LogP) is 1.98. The van der Waals surface area contributed by atoms with Crippen molar-refractivity contribution in [3.63, 3.8) is 0 Å². The minimum absolute atomic E-state index is 0. The average molecular weight is 469 g/mol. The van der Waals surface area contributed by atoms with Crippen molar-refractivity contribution >= 4 is 29.9 Å². The summed E-state index contributed by atoms with van der Waals surface area (Å²) < 4.78 is 15.8. The van der Waals surface area contributed by atoms with Gasteiger partial charge in [0.15, 0.2) is 5.96 Å². The molecule has 2 N–H and O–H groups in total. The van der Waals surface area contributed by atoms with Gasteiger partial charge in [0.2, 0.25) is 0 Å². The lowest BCUT2D eigenvalue weighted by atomic mass is 10.1. The van der Waals surface area contributed by atoms with Crippen molar-refractivity contribution < 1.29 is 4.39 Å². The first-order chi connectivity index (χ1) is 12.2. The van der Waals surface area contributed by atoms with E-state index in [1.54, 1.807) is 6.33 Å². The summed E-state index contributed by atoms with van der Waals surface area (Å²) in [6.07, 6.45) is 3.36. The fourth-order valence-corrected chi connectivity index (χ4v) is 2.80. The van der Waals surface area contributed by atoms with E-state index in [1.165, 1.54) is 18.2 Å². The second-order valence-corrected chi connectivity index (χ2v) is 5.85. The number of rotatable bonds is 4. The SMILES string of the molecule is CCNC(=NCc1cc(C#N)ccc1F)NC1CCc2ncnn2C1.I. The Bertz CT molecular complexity index is 812. The molecule has 1 aromatic heterocycles. The van der Waals surface area contributed by atoms with Gasteiger partial charge in [0.05, 0.1) is 24.7 Å². The molecule has 1 aliphatic heterocycles. The molecule has 138 valence electrons. The fourth-order valence-electron chi connectivity index (χ4n) is 2.80. The van der Waals surface area contributed by atoms with Gasteiger partial charge in [-0.05, 0) is 31.5 Å². The molecule has 2 heterocycles. The van der Waals surface area contributed by atoms with Gasteiger partial charge in [0.1, 0.15) is 18.0 Å². The van der Waals surface area contributed by atoms with E-state index in [2.05, 4.69) is 25.7 Å². The van der Waals surface area contributed by atoms with Crippen LogP contribution in [0.2, 0.25) is 0 Å². The number of nitrogens with one attached hydrogen (secondary N) is 2. The number of nitrogens with zero attached hydrogens (tertiary/aromatic N) is 5. The zero-order valence-corrected chi connectivity index (χ0v) is 16.8. The molecule has 0 spiro atoms. The number of benzene rings is 1. The van der Waals surface area contributed by atoms with Crippen LogP contribution in [0.1, 0.15) is 30.3 Å². The molecule has 1 aromatic carbocycles. The smallest absolute Gasteiger partial charge is 0.191 e. The van der Waals surface area contributed by atoms with E-state index in [1.807, 2.05) is 17.7 Å². The molecule has 0 bridgehead atoms. The lowest BCUT2D eigenvalue weighted by molar-refractivity contribution is 0.392. The van der Waals surface area contributed by atoms with Gasteiger partial charge in [-0.25, -0.2) is 19.0 Å². The summed E-state index contributed by atoms with van der Waals surface area (Å²) in [6, 6.07) is 6.50. The molecule has 1 unspecified atom stereocenters. The molecule has 26 heavy (non-hydrogen) atoms. The van der Waals surface area contributed by atoms with Crippen molar-refractivity contribution in [2.24, 2.45) is 4.99 Å². The number of aliphatic imine (C=N–C) groups is 1. The summed E-state index contributed by atoms with van der Waals surface area (Å²) in [5.74, 6) is 1.26. The Morgan fingerprint density at radius 2 is 2.35 bits per heavy atom. The third-order valence-electron chi connectivity index (χ3n) is 4.07. The summed E-state index contributed by atoms with van der Waals surface area (Å²) in [6.45, 7) is 3.56. The van der Waals surface area contributed by atoms with Crippen LogP contribution in [0, 0.1) is 17.1 Å². The number of guanidine groups is 1. The second kappa shape index (κ2) is 9.47. The third-order valence-corrected chi connectivity index (χ3v) is 4.07. The molecule has 0 fully saturated rings. The standard InChI is InChI=1S/C17H20FN7.HI/c1-2-20-17(21-9-13-7-12(8-19)3-5-15(13)18)24-14-4-6-16-22-11-23-25(16)10-14;/h3,5,7,11,14H,2,4,6,9-10H2,1H3,(H2,20,21,24);1H. The monoisotopic (exact) mass is 469 g/mol. The van der Waals surface area contributed by atoms with E-state index in [4.69, 9.17) is 5.26 Å². The molecule has 3 rings (SSSR count). The number of aromatic nitrogens is 3. The normalized spacial score (nSPS) is 16.2. The maximum atomic E-state index is 13.9. The molecule has 7 nitrogen and oxygen atoms in total. The highest BCUT2D eigenvalue weighted by Gasteiger charge is 2.20. The average Bonchev–Trinajstić information content (AvgIpc) is 3.09. The number of aryl methyl sites for hydroxylation is 1. The van der Waals surface area contributed by atoms with Crippen molar-refractivity contribution in [2.75, 3.05) is 6.54 Å². The van der Waals surface area contributed by atoms with Crippen molar-refractivity contribution in [2.45, 2.75) is 38.9 Å². The first kappa shape index (κ1) is 20.1. The molecule has 1 aliphatic rings. The van der Waals surface area contributed by atoms with Gasteiger partial charge >= 0.3 is 0 Å². The number of nitriles is 1. The van der Waals surface area contributed by atoms with E-state index < -0.39 is 0 Å². The number of hydrogen-bond acceptors (Lipinski definition) is 4. The molecule has 0 saturated carbocycles. The number of halogens is 2. The first-order valence-electron chi connectivity index (χ1n) is 8.29. The van der Waals surface area contributed by atoms with E-state index in [0.717, 1.165) is 25.2 Å². The van der Waals surface area contributed by atoms with Crippen LogP contribution in [0.25, 0.3) is 0 Å². The Labute approximate surface area is 168 Å². The zero-order chi connectivity index (χ0) is 17.6. The summed E-state index contributed by atoms with van der Waals surface area (Å²) in [4.78, 5) is 8.68. The largest absolute Gasteiger partial charge is 0.357 e. The van der Waals surface area contributed by atoms with Crippen LogP contribution in [0.5, 0.6) is 0 Å². The molecular weight excluding hydrogens is 448 g/mol. The van der Waals surface area contributed by atoms with Crippen LogP contribution in [0.4, 0.5) is 4.39 Å². The predicted molar refractivity (Wildman–Crippen MR) is 107 cm³/mol. The van der Waals surface area contributed by atoms with Gasteiger partial charge in [-0.3, -0.25) is 0 Å². The number of fused-ring (bicyclic) bond motifs is 1. The van der Waals surface area contributed by atoms with Gasteiger partial charge < -0.3 is 10.6 Å². The Kier molecular flexibility index (Phi) is 7.32. The summed E-state index contributed by atoms with van der Waals surface area (Å²) in [5, 5.41) is 19.7. The minimum atomic E-state index is -0.358. The lowest BCUT2D eigenvalue weighted by Gasteiger charge is -2.25. The zero-order valence-electron chi connectivity index (χ0n) is 14.4. The van der Waals surface area contributed by atoms with Gasteiger partial charge in [-0.15, -0.1) is 24.0 Å². The van der Waals surface area contributed by atoms with Crippen LogP contribution < -0.4 is 10.6 Å². The van der Waals surface area contributed by atoms with Gasteiger partial charge in [-0.1, -0.05) is 0 Å². The van der Waals surface area contributed by atoms with Gasteiger partial charge in [0, 0.05) is 24.6 Å². The molecule has 0 saturated heterocycles. The van der Waals surface area contributed by atoms with Crippen LogP contribution >= 0.6 is 24.0 Å². The van der Waals surface area contributed by atoms with Crippen molar-refractivity contribution in [3.8, 4) is 6.07 Å². The van der Waals surface area contributed by atoms with E-state index in [-0.39, 0.29) is 42.4 Å². The Balaban J connectivity index is 0.00000243. The Hall–Kier alpha value is -2.22. The molecule has 9 heteroatoms. The summed E-state index contributed by atoms with van der Waals surface area (Å²) >= 11 is 0. The molecule has 0 aliphatic carbocycles. The molecular formula is C17H21FIN7. The summed E-state index contributed by atoms with van der Waals surface area (Å²) in [7, 11) is 0. The fraction of sp³-hybridized carbons (Fsp3) is 0.412. The van der Waals surface area contributed by atoms with Crippen LogP contribution in [-0.4, -0.2) is 33.3 Å². The highest BCUT2D eigenvalue weighted by atomic mass is 127. The number of hydrogen-bond donors (Lipinski definition) is 2. The maximum absolute atomic E-state index is 13.9. The minimum Gasteiger partial charge on any atom is -0.357 e. The molecule has 0 amide bonds. The van der Waals surface area contributed by atoms with Crippen LogP contribution in [0.3, 0.4) is 0 Å². The maximum Gasteiger partial charge on any atom is 0.191 e. The lowest BCUT2D eigenvalue weighted by Crippen LogP contribution is -2.47. The summed E-state index contributed by atoms with van der Waals surface area (Å²) in [5.41, 5.74) is 0.828. The second-order valence-electron chi connectivity index (χ2n) is 5.85. The molecule has 2 aromatic rings. The first-order valence-corrected chi connectivity index (χ1v) is 8.29.